The molecule has 0 heterocycles. The lowest BCUT2D eigenvalue weighted by atomic mass is 10.0. The minimum atomic E-state index is -1.34. The summed E-state index contributed by atoms with van der Waals surface area (Å²) >= 11 is 17.4. The molecule has 0 nitrogen and oxygen atoms in total. The third-order valence-corrected chi connectivity index (χ3v) is 3.19. The number of hydrogen-bond acceptors (Lipinski definition) is 0. The van der Waals surface area contributed by atoms with Gasteiger partial charge in [0, 0.05) is 5.56 Å². The van der Waals surface area contributed by atoms with Crippen LogP contribution in [-0.2, 0) is 10.2 Å². The number of hydrogen-bond donors (Lipinski definition) is 0. The highest BCUT2D eigenvalue weighted by atomic mass is 35.6. The minimum absolute atomic E-state index is 0.694. The molecule has 0 aliphatic rings. The molecule has 0 aliphatic carbocycles. The zero-order valence-electron chi connectivity index (χ0n) is 9.04. The van der Waals surface area contributed by atoms with E-state index in [1.165, 1.54) is 11.1 Å². The van der Waals surface area contributed by atoms with Gasteiger partial charge in [0.1, 0.15) is 0 Å². The van der Waals surface area contributed by atoms with E-state index in [-0.39, 0.29) is 0 Å². The zero-order valence-corrected chi connectivity index (χ0v) is 11.3. The van der Waals surface area contributed by atoms with Gasteiger partial charge in [-0.25, -0.2) is 0 Å². The molecule has 2 aromatic carbocycles. The Morgan fingerprint density at radius 1 is 0.706 bits per heavy atom. The first kappa shape index (κ1) is 12.8. The lowest BCUT2D eigenvalue weighted by Gasteiger charge is -2.11. The summed E-state index contributed by atoms with van der Waals surface area (Å²) in [4.78, 5) is 0. The zero-order chi connectivity index (χ0) is 12.3. The van der Waals surface area contributed by atoms with Crippen LogP contribution in [-0.4, -0.2) is 0 Å². The second-order valence-corrected chi connectivity index (χ2v) is 6.14. The summed E-state index contributed by atoms with van der Waals surface area (Å²) in [5.41, 5.74) is 3.17. The second-order valence-electron chi connectivity index (χ2n) is 3.86. The average Bonchev–Trinajstić information content (AvgIpc) is 2.30. The van der Waals surface area contributed by atoms with Gasteiger partial charge in [-0.2, -0.15) is 0 Å². The smallest absolute Gasteiger partial charge is 0.0784 e. The third-order valence-electron chi connectivity index (χ3n) is 2.53. The molecular weight excluding hydrogens is 275 g/mol. The van der Waals surface area contributed by atoms with Gasteiger partial charge in [0.25, 0.3) is 0 Å². The molecule has 0 atom stereocenters. The Hall–Kier alpha value is -0.690. The fourth-order valence-electron chi connectivity index (χ4n) is 1.64. The van der Waals surface area contributed by atoms with E-state index in [4.69, 9.17) is 34.8 Å². The summed E-state index contributed by atoms with van der Waals surface area (Å²) in [5.74, 6) is 0. The van der Waals surface area contributed by atoms with Crippen LogP contribution >= 0.6 is 34.8 Å². The Kier molecular flexibility index (Phi) is 3.98. The van der Waals surface area contributed by atoms with E-state index in [2.05, 4.69) is 12.1 Å². The number of rotatable bonds is 2. The van der Waals surface area contributed by atoms with E-state index in [1.54, 1.807) is 0 Å². The van der Waals surface area contributed by atoms with Crippen molar-refractivity contribution in [3.05, 3.63) is 71.3 Å². The first-order valence-electron chi connectivity index (χ1n) is 5.26. The lowest BCUT2D eigenvalue weighted by Crippen LogP contribution is -1.99. The van der Waals surface area contributed by atoms with Gasteiger partial charge in [0.15, 0.2) is 0 Å². The van der Waals surface area contributed by atoms with Gasteiger partial charge in [0.05, 0.1) is 0 Å². The Morgan fingerprint density at radius 2 is 1.24 bits per heavy atom. The first-order chi connectivity index (χ1) is 8.05. The van der Waals surface area contributed by atoms with E-state index in [0.717, 1.165) is 6.42 Å². The van der Waals surface area contributed by atoms with E-state index in [9.17, 15) is 0 Å². The Labute approximate surface area is 116 Å². The fraction of sp³-hybridized carbons (Fsp3) is 0.143. The van der Waals surface area contributed by atoms with Crippen molar-refractivity contribution in [2.75, 3.05) is 0 Å². The molecule has 0 fully saturated rings. The van der Waals surface area contributed by atoms with E-state index in [0.29, 0.717) is 5.56 Å². The molecule has 2 aromatic rings. The maximum Gasteiger partial charge on any atom is 0.216 e. The van der Waals surface area contributed by atoms with Gasteiger partial charge < -0.3 is 0 Å². The highest BCUT2D eigenvalue weighted by molar-refractivity contribution is 6.66. The molecular formula is C14H11Cl3. The third kappa shape index (κ3) is 3.64. The SMILES string of the molecule is ClC(Cl)(Cl)c1ccc(Cc2ccccc2)cc1. The molecule has 17 heavy (non-hydrogen) atoms. The molecule has 2 rings (SSSR count). The predicted octanol–water partition coefficient (Wildman–Crippen LogP) is 5.10. The fourth-order valence-corrected chi connectivity index (χ4v) is 2.02. The number of benzene rings is 2. The molecule has 0 saturated heterocycles. The molecule has 3 heteroatoms. The molecule has 0 amide bonds. The normalized spacial score (nSPS) is 11.5. The maximum atomic E-state index is 5.80. The monoisotopic (exact) mass is 284 g/mol. The summed E-state index contributed by atoms with van der Waals surface area (Å²) in [6.45, 7) is 0. The number of alkyl halides is 3. The van der Waals surface area contributed by atoms with Gasteiger partial charge in [-0.05, 0) is 17.5 Å². The minimum Gasteiger partial charge on any atom is -0.0784 e. The van der Waals surface area contributed by atoms with Crippen LogP contribution in [0.4, 0.5) is 0 Å². The predicted molar refractivity (Wildman–Crippen MR) is 74.9 cm³/mol. The van der Waals surface area contributed by atoms with Gasteiger partial charge >= 0.3 is 0 Å². The summed E-state index contributed by atoms with van der Waals surface area (Å²) in [6, 6.07) is 18.0. The van der Waals surface area contributed by atoms with E-state index < -0.39 is 3.79 Å². The highest BCUT2D eigenvalue weighted by Crippen LogP contribution is 2.38. The van der Waals surface area contributed by atoms with Crippen LogP contribution in [0.3, 0.4) is 0 Å². The molecule has 0 bridgehead atoms. The molecule has 0 N–H and O–H groups in total. The van der Waals surface area contributed by atoms with Gasteiger partial charge in [-0.1, -0.05) is 89.4 Å². The van der Waals surface area contributed by atoms with Crippen molar-refractivity contribution in [3.8, 4) is 0 Å². The van der Waals surface area contributed by atoms with Gasteiger partial charge in [-0.15, -0.1) is 0 Å². The molecule has 88 valence electrons. The number of halogens is 3. The summed E-state index contributed by atoms with van der Waals surface area (Å²) < 4.78 is -1.34. The van der Waals surface area contributed by atoms with Crippen LogP contribution in [0.25, 0.3) is 0 Å². The standard InChI is InChI=1S/C14H11Cl3/c15-14(16,17)13-8-6-12(7-9-13)10-11-4-2-1-3-5-11/h1-9H,10H2. The van der Waals surface area contributed by atoms with Crippen molar-refractivity contribution >= 4 is 34.8 Å². The van der Waals surface area contributed by atoms with Crippen molar-refractivity contribution in [2.24, 2.45) is 0 Å². The van der Waals surface area contributed by atoms with Crippen molar-refractivity contribution < 1.29 is 0 Å². The van der Waals surface area contributed by atoms with Crippen LogP contribution in [0, 0.1) is 0 Å². The van der Waals surface area contributed by atoms with Crippen molar-refractivity contribution in [3.63, 3.8) is 0 Å². The van der Waals surface area contributed by atoms with Gasteiger partial charge in [-0.3, -0.25) is 0 Å². The Morgan fingerprint density at radius 3 is 1.76 bits per heavy atom. The highest BCUT2D eigenvalue weighted by Gasteiger charge is 2.21. The molecule has 0 saturated carbocycles. The maximum absolute atomic E-state index is 5.80. The summed E-state index contributed by atoms with van der Waals surface area (Å²) in [7, 11) is 0. The van der Waals surface area contributed by atoms with E-state index >= 15 is 0 Å². The first-order valence-corrected chi connectivity index (χ1v) is 6.39. The van der Waals surface area contributed by atoms with Crippen molar-refractivity contribution in [1.29, 1.82) is 0 Å². The van der Waals surface area contributed by atoms with E-state index in [1.807, 2.05) is 42.5 Å². The molecule has 0 aliphatic heterocycles. The lowest BCUT2D eigenvalue weighted by molar-refractivity contribution is 1.16. The molecule has 0 radical (unpaired) electrons. The van der Waals surface area contributed by atoms with Gasteiger partial charge in [0.2, 0.25) is 3.79 Å². The quantitative estimate of drug-likeness (QED) is 0.673. The van der Waals surface area contributed by atoms with Crippen LogP contribution in [0.1, 0.15) is 16.7 Å². The second kappa shape index (κ2) is 5.30. The Bertz CT molecular complexity index is 469. The Balaban J connectivity index is 2.14. The molecule has 0 unspecified atom stereocenters. The van der Waals surface area contributed by atoms with Crippen LogP contribution in [0.2, 0.25) is 0 Å². The van der Waals surface area contributed by atoms with Crippen molar-refractivity contribution in [1.82, 2.24) is 0 Å². The molecule has 0 spiro atoms. The van der Waals surface area contributed by atoms with Crippen LogP contribution < -0.4 is 0 Å². The van der Waals surface area contributed by atoms with Crippen LogP contribution in [0.5, 0.6) is 0 Å². The topological polar surface area (TPSA) is 0 Å². The summed E-state index contributed by atoms with van der Waals surface area (Å²) in [5, 5.41) is 0. The molecule has 0 aromatic heterocycles. The summed E-state index contributed by atoms with van der Waals surface area (Å²) in [6.07, 6.45) is 0.890. The van der Waals surface area contributed by atoms with Crippen molar-refractivity contribution in [2.45, 2.75) is 10.2 Å². The largest absolute Gasteiger partial charge is 0.216 e. The van der Waals surface area contributed by atoms with Crippen LogP contribution in [0.15, 0.2) is 54.6 Å². The average molecular weight is 286 g/mol.